The van der Waals surface area contributed by atoms with E-state index in [9.17, 15) is 5.11 Å². The highest BCUT2D eigenvalue weighted by Crippen LogP contribution is 2.10. The lowest BCUT2D eigenvalue weighted by Gasteiger charge is -1.75. The van der Waals surface area contributed by atoms with Crippen molar-refractivity contribution in [2.24, 2.45) is 0 Å². The molecule has 0 bridgehead atoms. The van der Waals surface area contributed by atoms with Crippen LogP contribution in [-0.4, -0.2) is 4.98 Å². The van der Waals surface area contributed by atoms with Gasteiger partial charge in [0.15, 0.2) is 0 Å². The monoisotopic (exact) mass is 96.0 g/mol. The molecule has 1 aromatic heterocycles. The van der Waals surface area contributed by atoms with Crippen LogP contribution in [-0.2, 0) is 5.11 Å². The fraction of sp³-hybridized carbons (Fsp3) is 0.200. The summed E-state index contributed by atoms with van der Waals surface area (Å²) in [6, 6.07) is 1.75. The molecule has 37 valence electrons. The molecule has 2 nitrogen and oxygen atoms in total. The van der Waals surface area contributed by atoms with Crippen LogP contribution < -0.4 is 0 Å². The molecule has 1 aromatic rings. The second-order valence-electron chi connectivity index (χ2n) is 1.49. The van der Waals surface area contributed by atoms with E-state index < -0.39 is 0 Å². The molecule has 0 saturated heterocycles. The smallest absolute Gasteiger partial charge is 0.250 e. The topological polar surface area (TPSA) is 35.7 Å². The Hall–Kier alpha value is -0.920. The molecule has 1 heterocycles. The van der Waals surface area contributed by atoms with E-state index in [2.05, 4.69) is 4.98 Å². The maximum atomic E-state index is 10.4. The maximum Gasteiger partial charge on any atom is 0.250 e. The van der Waals surface area contributed by atoms with E-state index in [-0.39, 0.29) is 5.88 Å². The van der Waals surface area contributed by atoms with Crippen molar-refractivity contribution in [2.45, 2.75) is 6.92 Å². The molecule has 1 rings (SSSR count). The van der Waals surface area contributed by atoms with E-state index >= 15 is 0 Å². The highest BCUT2D eigenvalue weighted by molar-refractivity contribution is 5.21. The van der Waals surface area contributed by atoms with Gasteiger partial charge in [0.1, 0.15) is 0 Å². The van der Waals surface area contributed by atoms with Gasteiger partial charge >= 0.3 is 0 Å². The number of nitrogens with one attached hydrogen (secondary N) is 1. The lowest BCUT2D eigenvalue weighted by Crippen LogP contribution is -1.58. The van der Waals surface area contributed by atoms with Crippen LogP contribution in [0.5, 0.6) is 5.88 Å². The number of hydrogen-bond donors (Lipinski definition) is 1. The highest BCUT2D eigenvalue weighted by Gasteiger charge is 1.92. The molecule has 0 fully saturated rings. The molecule has 7 heavy (non-hydrogen) atoms. The predicted octanol–water partition coefficient (Wildman–Crippen LogP) is 1.47. The summed E-state index contributed by atoms with van der Waals surface area (Å²) in [7, 11) is 0. The van der Waals surface area contributed by atoms with E-state index in [4.69, 9.17) is 0 Å². The second kappa shape index (κ2) is 1.30. The standard InChI is InChI=1S/C5H6NO/c1-4-2-3-6-5(4)7/h2-3,6H,1H3. The Morgan fingerprint density at radius 3 is 2.57 bits per heavy atom. The van der Waals surface area contributed by atoms with Crippen molar-refractivity contribution in [3.05, 3.63) is 17.8 Å². The molecule has 1 radical (unpaired) electrons. The third kappa shape index (κ3) is 0.585. The molecule has 0 saturated carbocycles. The first-order chi connectivity index (χ1) is 3.30. The lowest BCUT2D eigenvalue weighted by atomic mass is 10.4. The van der Waals surface area contributed by atoms with E-state index in [1.165, 1.54) is 0 Å². The molecule has 0 atom stereocenters. The number of rotatable bonds is 0. The molecule has 0 unspecified atom stereocenters. The zero-order valence-corrected chi connectivity index (χ0v) is 4.06. The fourth-order valence-electron chi connectivity index (χ4n) is 0.432. The van der Waals surface area contributed by atoms with Crippen LogP contribution in [0, 0.1) is 6.92 Å². The highest BCUT2D eigenvalue weighted by atomic mass is 16.3. The van der Waals surface area contributed by atoms with Gasteiger partial charge in [-0.15, -0.1) is 0 Å². The van der Waals surface area contributed by atoms with Gasteiger partial charge in [-0.2, -0.15) is 0 Å². The summed E-state index contributed by atoms with van der Waals surface area (Å²) in [6.45, 7) is 1.78. The number of aryl methyl sites for hydroxylation is 1. The molecular weight excluding hydrogens is 90.1 g/mol. The van der Waals surface area contributed by atoms with E-state index in [0.29, 0.717) is 0 Å². The fourth-order valence-corrected chi connectivity index (χ4v) is 0.432. The summed E-state index contributed by atoms with van der Waals surface area (Å²) >= 11 is 0. The Morgan fingerprint density at radius 2 is 2.43 bits per heavy atom. The molecular formula is C5H6NO. The Kier molecular flexibility index (Phi) is 0.785. The third-order valence-corrected chi connectivity index (χ3v) is 0.906. The minimum atomic E-state index is 0.0139. The van der Waals surface area contributed by atoms with E-state index in [1.54, 1.807) is 19.2 Å². The van der Waals surface area contributed by atoms with Crippen LogP contribution in [0.1, 0.15) is 5.56 Å². The molecule has 2 heteroatoms. The maximum absolute atomic E-state index is 10.4. The number of aromatic nitrogens is 1. The number of aromatic amines is 1. The van der Waals surface area contributed by atoms with Gasteiger partial charge in [0, 0.05) is 11.8 Å². The summed E-state index contributed by atoms with van der Waals surface area (Å²) in [5.74, 6) is 0.0139. The summed E-state index contributed by atoms with van der Waals surface area (Å²) < 4.78 is 0. The van der Waals surface area contributed by atoms with Gasteiger partial charge < -0.3 is 4.98 Å². The zero-order chi connectivity index (χ0) is 5.28. The number of hydrogen-bond acceptors (Lipinski definition) is 0. The van der Waals surface area contributed by atoms with Gasteiger partial charge in [0.05, 0.1) is 0 Å². The minimum Gasteiger partial charge on any atom is -0.329 e. The largest absolute Gasteiger partial charge is 0.329 e. The molecule has 0 aromatic carbocycles. The third-order valence-electron chi connectivity index (χ3n) is 0.906. The second-order valence-corrected chi connectivity index (χ2v) is 1.49. The van der Waals surface area contributed by atoms with Crippen molar-refractivity contribution < 1.29 is 5.11 Å². The van der Waals surface area contributed by atoms with Crippen molar-refractivity contribution >= 4 is 0 Å². The predicted molar refractivity (Wildman–Crippen MR) is 25.7 cm³/mol. The van der Waals surface area contributed by atoms with Crippen LogP contribution in [0.4, 0.5) is 0 Å². The summed E-state index contributed by atoms with van der Waals surface area (Å²) in [5.41, 5.74) is 0.778. The average Bonchev–Trinajstić information content (AvgIpc) is 1.91. The van der Waals surface area contributed by atoms with Gasteiger partial charge in [-0.3, -0.25) is 5.11 Å². The Balaban J connectivity index is 3.12. The normalized spacial score (nSPS) is 9.29. The molecule has 0 spiro atoms. The van der Waals surface area contributed by atoms with Gasteiger partial charge in [0.25, 0.3) is 5.88 Å². The molecule has 0 aliphatic heterocycles. The molecule has 0 aliphatic carbocycles. The van der Waals surface area contributed by atoms with Crippen LogP contribution in [0.25, 0.3) is 0 Å². The van der Waals surface area contributed by atoms with Crippen molar-refractivity contribution in [1.82, 2.24) is 4.98 Å². The van der Waals surface area contributed by atoms with Crippen molar-refractivity contribution in [2.75, 3.05) is 0 Å². The molecule has 0 aliphatic rings. The Morgan fingerprint density at radius 1 is 1.71 bits per heavy atom. The molecule has 0 amide bonds. The van der Waals surface area contributed by atoms with Crippen LogP contribution in [0.2, 0.25) is 0 Å². The first-order valence-corrected chi connectivity index (χ1v) is 2.11. The quantitative estimate of drug-likeness (QED) is 0.507. The summed E-state index contributed by atoms with van der Waals surface area (Å²) in [4.78, 5) is 2.51. The van der Waals surface area contributed by atoms with Crippen LogP contribution in [0.15, 0.2) is 12.3 Å². The van der Waals surface area contributed by atoms with Gasteiger partial charge in [0.2, 0.25) is 0 Å². The van der Waals surface area contributed by atoms with E-state index in [0.717, 1.165) is 5.56 Å². The Labute approximate surface area is 41.8 Å². The van der Waals surface area contributed by atoms with Crippen molar-refractivity contribution in [3.8, 4) is 5.88 Å². The first kappa shape index (κ1) is 4.24. The SMILES string of the molecule is Cc1cc[nH]c1[O]. The van der Waals surface area contributed by atoms with Crippen molar-refractivity contribution in [1.29, 1.82) is 0 Å². The van der Waals surface area contributed by atoms with Crippen molar-refractivity contribution in [3.63, 3.8) is 0 Å². The average molecular weight is 96.1 g/mol. The first-order valence-electron chi connectivity index (χ1n) is 2.11. The van der Waals surface area contributed by atoms with Crippen LogP contribution >= 0.6 is 0 Å². The summed E-state index contributed by atoms with van der Waals surface area (Å²) in [6.07, 6.45) is 1.64. The van der Waals surface area contributed by atoms with Gasteiger partial charge in [-0.25, -0.2) is 0 Å². The Bertz CT molecular complexity index is 140. The summed E-state index contributed by atoms with van der Waals surface area (Å²) in [5, 5.41) is 10.4. The van der Waals surface area contributed by atoms with Crippen LogP contribution in [0.3, 0.4) is 0 Å². The lowest BCUT2D eigenvalue weighted by molar-refractivity contribution is 0.337. The zero-order valence-electron chi connectivity index (χ0n) is 4.06. The minimum absolute atomic E-state index is 0.0139. The number of H-pyrrole nitrogens is 1. The van der Waals surface area contributed by atoms with Gasteiger partial charge in [-0.05, 0) is 13.0 Å². The van der Waals surface area contributed by atoms with E-state index in [1.807, 2.05) is 0 Å². The van der Waals surface area contributed by atoms with Gasteiger partial charge in [-0.1, -0.05) is 0 Å². The molecule has 1 N–H and O–H groups in total.